The molecule has 25 heavy (non-hydrogen) atoms. The molecular formula is C19H26N2O4. The molecule has 1 aromatic carbocycles. The maximum absolute atomic E-state index is 12.3. The van der Waals surface area contributed by atoms with Gasteiger partial charge in [-0.2, -0.15) is 0 Å². The van der Waals surface area contributed by atoms with Crippen LogP contribution in [0.25, 0.3) is 0 Å². The van der Waals surface area contributed by atoms with Crippen molar-refractivity contribution in [1.82, 2.24) is 10.2 Å². The second-order valence-electron chi connectivity index (χ2n) is 7.34. The van der Waals surface area contributed by atoms with Crippen LogP contribution in [0.4, 0.5) is 0 Å². The zero-order valence-electron chi connectivity index (χ0n) is 14.7. The average Bonchev–Trinajstić information content (AvgIpc) is 3.01. The number of benzene rings is 1. The van der Waals surface area contributed by atoms with Crippen LogP contribution in [-0.2, 0) is 16.1 Å². The van der Waals surface area contributed by atoms with E-state index >= 15 is 0 Å². The van der Waals surface area contributed by atoms with Gasteiger partial charge in [-0.15, -0.1) is 0 Å². The summed E-state index contributed by atoms with van der Waals surface area (Å²) in [6.45, 7) is 6.18. The molecule has 1 spiro atoms. The minimum atomic E-state index is -0.954. The lowest BCUT2D eigenvalue weighted by atomic mass is 9.79. The van der Waals surface area contributed by atoms with Crippen molar-refractivity contribution in [2.45, 2.75) is 32.7 Å². The molecule has 0 saturated carbocycles. The van der Waals surface area contributed by atoms with Crippen molar-refractivity contribution in [2.75, 3.05) is 32.8 Å². The van der Waals surface area contributed by atoms with Crippen LogP contribution in [-0.4, -0.2) is 54.7 Å². The first kappa shape index (κ1) is 17.9. The van der Waals surface area contributed by atoms with E-state index in [-0.39, 0.29) is 16.9 Å². The number of nitrogens with one attached hydrogen (secondary N) is 1. The largest absolute Gasteiger partial charge is 0.478 e. The highest BCUT2D eigenvalue weighted by molar-refractivity contribution is 5.88. The summed E-state index contributed by atoms with van der Waals surface area (Å²) < 4.78 is 5.56. The van der Waals surface area contributed by atoms with Gasteiger partial charge in [0.2, 0.25) is 5.91 Å². The summed E-state index contributed by atoms with van der Waals surface area (Å²) in [6, 6.07) is 4.99. The number of carboxylic acids is 1. The Morgan fingerprint density at radius 2 is 2.20 bits per heavy atom. The van der Waals surface area contributed by atoms with Gasteiger partial charge in [0, 0.05) is 25.1 Å². The number of ether oxygens (including phenoxy) is 1. The summed E-state index contributed by atoms with van der Waals surface area (Å²) in [5, 5.41) is 12.0. The molecule has 0 aromatic heterocycles. The van der Waals surface area contributed by atoms with Crippen LogP contribution in [0.1, 0.15) is 40.7 Å². The van der Waals surface area contributed by atoms with Crippen LogP contribution in [0.3, 0.4) is 0 Å². The second kappa shape index (κ2) is 7.54. The Morgan fingerprint density at radius 1 is 1.36 bits per heavy atom. The highest BCUT2D eigenvalue weighted by atomic mass is 16.5. The molecule has 0 radical (unpaired) electrons. The van der Waals surface area contributed by atoms with Gasteiger partial charge in [-0.05, 0) is 56.0 Å². The van der Waals surface area contributed by atoms with Crippen LogP contribution in [0.15, 0.2) is 18.2 Å². The molecule has 136 valence electrons. The molecule has 2 N–H and O–H groups in total. The summed E-state index contributed by atoms with van der Waals surface area (Å²) in [5.74, 6) is -0.971. The van der Waals surface area contributed by atoms with Gasteiger partial charge in [-0.25, -0.2) is 4.79 Å². The molecule has 2 heterocycles. The first-order chi connectivity index (χ1) is 12.0. The lowest BCUT2D eigenvalue weighted by molar-refractivity contribution is -0.123. The fourth-order valence-corrected chi connectivity index (χ4v) is 3.86. The van der Waals surface area contributed by atoms with Crippen molar-refractivity contribution in [3.8, 4) is 0 Å². The monoisotopic (exact) mass is 346 g/mol. The second-order valence-corrected chi connectivity index (χ2v) is 7.34. The molecule has 6 nitrogen and oxygen atoms in total. The molecule has 1 amide bonds. The van der Waals surface area contributed by atoms with Crippen molar-refractivity contribution < 1.29 is 19.4 Å². The maximum atomic E-state index is 12.3. The predicted octanol–water partition coefficient (Wildman–Crippen LogP) is 1.81. The molecule has 0 unspecified atom stereocenters. The number of amides is 1. The summed E-state index contributed by atoms with van der Waals surface area (Å²) in [6.07, 6.45) is 3.38. The minimum absolute atomic E-state index is 0.0175. The average molecular weight is 346 g/mol. The van der Waals surface area contributed by atoms with Crippen LogP contribution in [0, 0.1) is 12.3 Å². The number of rotatable bonds is 5. The fraction of sp³-hybridized carbons (Fsp3) is 0.579. The van der Waals surface area contributed by atoms with E-state index in [4.69, 9.17) is 9.84 Å². The van der Waals surface area contributed by atoms with Gasteiger partial charge in [0.05, 0.1) is 18.7 Å². The smallest absolute Gasteiger partial charge is 0.335 e. The summed E-state index contributed by atoms with van der Waals surface area (Å²) in [7, 11) is 0. The third kappa shape index (κ3) is 4.38. The molecule has 3 rings (SSSR count). The number of carboxylic acid groups (broad SMARTS) is 1. The Balaban J connectivity index is 1.53. The Morgan fingerprint density at radius 3 is 2.92 bits per heavy atom. The van der Waals surface area contributed by atoms with Gasteiger partial charge in [0.25, 0.3) is 0 Å². The van der Waals surface area contributed by atoms with Gasteiger partial charge in [0.1, 0.15) is 0 Å². The third-order valence-electron chi connectivity index (χ3n) is 5.36. The van der Waals surface area contributed by atoms with Gasteiger partial charge in [-0.3, -0.25) is 9.69 Å². The number of carbonyl (C=O) groups is 2. The van der Waals surface area contributed by atoms with Gasteiger partial charge >= 0.3 is 5.97 Å². The topological polar surface area (TPSA) is 78.9 Å². The summed E-state index contributed by atoms with van der Waals surface area (Å²) >= 11 is 0. The van der Waals surface area contributed by atoms with Crippen LogP contribution in [0.5, 0.6) is 0 Å². The zero-order chi connectivity index (χ0) is 17.9. The molecule has 2 saturated heterocycles. The number of hydrogen-bond donors (Lipinski definition) is 2. The summed E-state index contributed by atoms with van der Waals surface area (Å²) in [5.41, 5.74) is 2.30. The van der Waals surface area contributed by atoms with E-state index in [0.29, 0.717) is 13.1 Å². The number of aromatic carboxylic acids is 1. The molecule has 0 aliphatic carbocycles. The lowest BCUT2D eigenvalue weighted by Crippen LogP contribution is -2.47. The first-order valence-corrected chi connectivity index (χ1v) is 8.87. The van der Waals surface area contributed by atoms with Gasteiger partial charge in [-0.1, -0.05) is 6.07 Å². The Bertz CT molecular complexity index is 653. The molecule has 0 bridgehead atoms. The van der Waals surface area contributed by atoms with E-state index in [1.807, 2.05) is 6.92 Å². The van der Waals surface area contributed by atoms with Crippen LogP contribution in [0.2, 0.25) is 0 Å². The summed E-state index contributed by atoms with van der Waals surface area (Å²) in [4.78, 5) is 25.6. The number of piperidine rings is 1. The third-order valence-corrected chi connectivity index (χ3v) is 5.36. The normalized spacial score (nSPS) is 23.7. The first-order valence-electron chi connectivity index (χ1n) is 8.87. The van der Waals surface area contributed by atoms with E-state index in [9.17, 15) is 9.59 Å². The lowest BCUT2D eigenvalue weighted by Gasteiger charge is -2.39. The zero-order valence-corrected chi connectivity index (χ0v) is 14.7. The number of likely N-dealkylation sites (tertiary alicyclic amines) is 1. The Kier molecular flexibility index (Phi) is 5.39. The Labute approximate surface area is 148 Å². The van der Waals surface area contributed by atoms with E-state index in [1.165, 1.54) is 6.42 Å². The molecule has 1 atom stereocenters. The van der Waals surface area contributed by atoms with Gasteiger partial charge < -0.3 is 15.2 Å². The SMILES string of the molecule is Cc1ccc(C(=O)O)cc1CNC(=O)CN1CCC[C@@]2(CCOC2)C1. The van der Waals surface area contributed by atoms with Crippen molar-refractivity contribution in [2.24, 2.45) is 5.41 Å². The molecular weight excluding hydrogens is 320 g/mol. The van der Waals surface area contributed by atoms with E-state index in [1.54, 1.807) is 18.2 Å². The number of aryl methyl sites for hydroxylation is 1. The number of hydrogen-bond acceptors (Lipinski definition) is 4. The number of carbonyl (C=O) groups excluding carboxylic acids is 1. The van der Waals surface area contributed by atoms with Gasteiger partial charge in [0.15, 0.2) is 0 Å². The quantitative estimate of drug-likeness (QED) is 0.850. The van der Waals surface area contributed by atoms with Crippen molar-refractivity contribution in [1.29, 1.82) is 0 Å². The van der Waals surface area contributed by atoms with Crippen molar-refractivity contribution in [3.63, 3.8) is 0 Å². The standard InChI is InChI=1S/C19H26N2O4/c1-14-3-4-15(18(23)24)9-16(14)10-20-17(22)11-21-7-2-5-19(12-21)6-8-25-13-19/h3-4,9H,2,5-8,10-13H2,1H3,(H,20,22)(H,23,24)/t19-/m1/s1. The molecule has 2 aliphatic heterocycles. The molecule has 2 fully saturated rings. The van der Waals surface area contributed by atoms with Crippen molar-refractivity contribution in [3.05, 3.63) is 34.9 Å². The Hall–Kier alpha value is -1.92. The fourth-order valence-electron chi connectivity index (χ4n) is 3.86. The minimum Gasteiger partial charge on any atom is -0.478 e. The molecule has 6 heteroatoms. The highest BCUT2D eigenvalue weighted by Gasteiger charge is 2.39. The maximum Gasteiger partial charge on any atom is 0.335 e. The molecule has 2 aliphatic rings. The van der Waals surface area contributed by atoms with Crippen LogP contribution >= 0.6 is 0 Å². The highest BCUT2D eigenvalue weighted by Crippen LogP contribution is 2.37. The molecule has 1 aromatic rings. The van der Waals surface area contributed by atoms with E-state index < -0.39 is 5.97 Å². The number of nitrogens with zero attached hydrogens (tertiary/aromatic N) is 1. The predicted molar refractivity (Wildman–Crippen MR) is 93.5 cm³/mol. The van der Waals surface area contributed by atoms with Crippen LogP contribution < -0.4 is 5.32 Å². The van der Waals surface area contributed by atoms with E-state index in [0.717, 1.165) is 50.3 Å². The van der Waals surface area contributed by atoms with Crippen molar-refractivity contribution >= 4 is 11.9 Å². The van der Waals surface area contributed by atoms with E-state index in [2.05, 4.69) is 10.2 Å².